The van der Waals surface area contributed by atoms with Crippen LogP contribution >= 0.6 is 0 Å². The van der Waals surface area contributed by atoms with E-state index in [1.165, 1.54) is 6.42 Å². The van der Waals surface area contributed by atoms with Crippen LogP contribution in [0.15, 0.2) is 0 Å². The number of aliphatic hydroxyl groups is 2. The third kappa shape index (κ3) is 1.80. The van der Waals surface area contributed by atoms with Gasteiger partial charge in [0.15, 0.2) is 5.79 Å². The van der Waals surface area contributed by atoms with Crippen LogP contribution in [0, 0.1) is 0 Å². The Bertz CT molecular complexity index is 175. The molecule has 0 aromatic carbocycles. The van der Waals surface area contributed by atoms with E-state index in [2.05, 4.69) is 0 Å². The predicted octanol–water partition coefficient (Wildman–Crippen LogP) is 0.415. The van der Waals surface area contributed by atoms with Gasteiger partial charge in [-0.3, -0.25) is 0 Å². The standard InChI is InChI=1S/C10H18O4/c11-6-8-9(7-12)14-10(13-8)4-2-1-3-5-10/h8-9,11-12H,1-7H2/t8-,9-/m0/s1. The van der Waals surface area contributed by atoms with Crippen molar-refractivity contribution >= 4 is 0 Å². The molecule has 2 aliphatic rings. The van der Waals surface area contributed by atoms with Gasteiger partial charge in [-0.25, -0.2) is 0 Å². The van der Waals surface area contributed by atoms with E-state index in [4.69, 9.17) is 19.7 Å². The van der Waals surface area contributed by atoms with Crippen molar-refractivity contribution < 1.29 is 19.7 Å². The maximum Gasteiger partial charge on any atom is 0.169 e. The molecule has 0 radical (unpaired) electrons. The molecule has 1 saturated heterocycles. The molecule has 1 saturated carbocycles. The van der Waals surface area contributed by atoms with E-state index in [0.717, 1.165) is 25.7 Å². The topological polar surface area (TPSA) is 58.9 Å². The number of rotatable bonds is 2. The Kier molecular flexibility index (Phi) is 3.07. The van der Waals surface area contributed by atoms with Crippen molar-refractivity contribution in [2.75, 3.05) is 13.2 Å². The van der Waals surface area contributed by atoms with Gasteiger partial charge in [-0.1, -0.05) is 6.42 Å². The Balaban J connectivity index is 2.01. The third-order valence-electron chi connectivity index (χ3n) is 3.12. The maximum atomic E-state index is 9.07. The summed E-state index contributed by atoms with van der Waals surface area (Å²) in [6, 6.07) is 0. The molecule has 0 unspecified atom stereocenters. The lowest BCUT2D eigenvalue weighted by atomic mass is 9.94. The van der Waals surface area contributed by atoms with E-state index >= 15 is 0 Å². The molecule has 1 heterocycles. The molecular formula is C10H18O4. The van der Waals surface area contributed by atoms with Crippen molar-refractivity contribution in [1.29, 1.82) is 0 Å². The molecule has 0 aromatic heterocycles. The van der Waals surface area contributed by atoms with Crippen LogP contribution < -0.4 is 0 Å². The van der Waals surface area contributed by atoms with Crippen molar-refractivity contribution in [3.63, 3.8) is 0 Å². The minimum atomic E-state index is -0.501. The van der Waals surface area contributed by atoms with Crippen LogP contribution in [-0.2, 0) is 9.47 Å². The first-order valence-corrected chi connectivity index (χ1v) is 5.37. The largest absolute Gasteiger partial charge is 0.394 e. The molecule has 0 bridgehead atoms. The molecule has 1 aliphatic heterocycles. The average Bonchev–Trinajstić information content (AvgIpc) is 2.57. The summed E-state index contributed by atoms with van der Waals surface area (Å²) in [6.07, 6.45) is 4.52. The molecule has 14 heavy (non-hydrogen) atoms. The molecular weight excluding hydrogens is 184 g/mol. The van der Waals surface area contributed by atoms with E-state index in [1.807, 2.05) is 0 Å². The zero-order chi connectivity index (χ0) is 10.0. The Morgan fingerprint density at radius 2 is 1.43 bits per heavy atom. The van der Waals surface area contributed by atoms with Crippen LogP contribution in [0.4, 0.5) is 0 Å². The summed E-state index contributed by atoms with van der Waals surface area (Å²) in [6.45, 7) is -0.153. The molecule has 2 atom stereocenters. The van der Waals surface area contributed by atoms with Gasteiger partial charge in [0, 0.05) is 12.8 Å². The highest BCUT2D eigenvalue weighted by Gasteiger charge is 2.47. The van der Waals surface area contributed by atoms with Gasteiger partial charge in [0.2, 0.25) is 0 Å². The number of hydrogen-bond acceptors (Lipinski definition) is 4. The molecule has 82 valence electrons. The molecule has 1 spiro atoms. The molecule has 4 nitrogen and oxygen atoms in total. The van der Waals surface area contributed by atoms with E-state index in [0.29, 0.717) is 0 Å². The summed E-state index contributed by atoms with van der Waals surface area (Å²) < 4.78 is 11.4. The number of aliphatic hydroxyl groups excluding tert-OH is 2. The van der Waals surface area contributed by atoms with E-state index in [9.17, 15) is 0 Å². The quantitative estimate of drug-likeness (QED) is 0.681. The fraction of sp³-hybridized carbons (Fsp3) is 1.00. The van der Waals surface area contributed by atoms with Crippen molar-refractivity contribution in [3.05, 3.63) is 0 Å². The van der Waals surface area contributed by atoms with E-state index in [-0.39, 0.29) is 25.4 Å². The van der Waals surface area contributed by atoms with Crippen LogP contribution in [0.5, 0.6) is 0 Å². The van der Waals surface area contributed by atoms with E-state index < -0.39 is 5.79 Å². The zero-order valence-electron chi connectivity index (χ0n) is 8.32. The molecule has 2 fully saturated rings. The molecule has 1 aliphatic carbocycles. The monoisotopic (exact) mass is 202 g/mol. The smallest absolute Gasteiger partial charge is 0.169 e. The van der Waals surface area contributed by atoms with Crippen LogP contribution in [0.3, 0.4) is 0 Å². The third-order valence-corrected chi connectivity index (χ3v) is 3.12. The van der Waals surface area contributed by atoms with Crippen LogP contribution in [0.2, 0.25) is 0 Å². The second-order valence-corrected chi connectivity index (χ2v) is 4.15. The first-order valence-electron chi connectivity index (χ1n) is 5.37. The summed E-state index contributed by atoms with van der Waals surface area (Å²) in [5.41, 5.74) is 0. The Morgan fingerprint density at radius 1 is 0.929 bits per heavy atom. The van der Waals surface area contributed by atoms with Gasteiger partial charge in [0.1, 0.15) is 12.2 Å². The fourth-order valence-corrected chi connectivity index (χ4v) is 2.37. The highest BCUT2D eigenvalue weighted by atomic mass is 16.8. The van der Waals surface area contributed by atoms with Crippen molar-refractivity contribution in [2.45, 2.75) is 50.1 Å². The van der Waals surface area contributed by atoms with E-state index in [1.54, 1.807) is 0 Å². The normalized spacial score (nSPS) is 36.4. The van der Waals surface area contributed by atoms with Gasteiger partial charge in [0.25, 0.3) is 0 Å². The first kappa shape index (κ1) is 10.4. The van der Waals surface area contributed by atoms with Crippen molar-refractivity contribution in [3.8, 4) is 0 Å². The highest BCUT2D eigenvalue weighted by Crippen LogP contribution is 2.40. The maximum absolute atomic E-state index is 9.07. The van der Waals surface area contributed by atoms with Gasteiger partial charge in [-0.05, 0) is 12.8 Å². The van der Waals surface area contributed by atoms with Gasteiger partial charge >= 0.3 is 0 Å². The summed E-state index contributed by atoms with van der Waals surface area (Å²) in [5.74, 6) is -0.501. The summed E-state index contributed by atoms with van der Waals surface area (Å²) in [4.78, 5) is 0. The molecule has 2 N–H and O–H groups in total. The summed E-state index contributed by atoms with van der Waals surface area (Å²) in [7, 11) is 0. The highest BCUT2D eigenvalue weighted by molar-refractivity contribution is 4.87. The lowest BCUT2D eigenvalue weighted by Gasteiger charge is -2.31. The zero-order valence-corrected chi connectivity index (χ0v) is 8.32. The SMILES string of the molecule is OC[C@@H]1OC2(CCCCC2)O[C@H]1CO. The minimum absolute atomic E-state index is 0.0764. The van der Waals surface area contributed by atoms with Gasteiger partial charge in [-0.2, -0.15) is 0 Å². The second kappa shape index (κ2) is 4.14. The first-order chi connectivity index (χ1) is 6.79. The fourth-order valence-electron chi connectivity index (χ4n) is 2.37. The number of hydrogen-bond donors (Lipinski definition) is 2. The van der Waals surface area contributed by atoms with Crippen molar-refractivity contribution in [2.24, 2.45) is 0 Å². The van der Waals surface area contributed by atoms with Gasteiger partial charge in [0.05, 0.1) is 13.2 Å². The van der Waals surface area contributed by atoms with Crippen molar-refractivity contribution in [1.82, 2.24) is 0 Å². The lowest BCUT2D eigenvalue weighted by molar-refractivity contribution is -0.197. The van der Waals surface area contributed by atoms with Gasteiger partial charge < -0.3 is 19.7 Å². The summed E-state index contributed by atoms with van der Waals surface area (Å²) in [5, 5.41) is 18.1. The molecule has 2 rings (SSSR count). The Labute approximate surface area is 83.8 Å². The summed E-state index contributed by atoms with van der Waals surface area (Å²) >= 11 is 0. The Morgan fingerprint density at radius 3 is 1.86 bits per heavy atom. The van der Waals surface area contributed by atoms with Crippen LogP contribution in [-0.4, -0.2) is 41.4 Å². The van der Waals surface area contributed by atoms with Crippen LogP contribution in [0.25, 0.3) is 0 Å². The molecule has 0 amide bonds. The van der Waals surface area contributed by atoms with Crippen LogP contribution in [0.1, 0.15) is 32.1 Å². The molecule has 0 aromatic rings. The minimum Gasteiger partial charge on any atom is -0.394 e. The average molecular weight is 202 g/mol. The Hall–Kier alpha value is -0.160. The number of ether oxygens (including phenoxy) is 2. The lowest BCUT2D eigenvalue weighted by Crippen LogP contribution is -2.33. The predicted molar refractivity (Wildman–Crippen MR) is 49.7 cm³/mol. The second-order valence-electron chi connectivity index (χ2n) is 4.15. The molecule has 4 heteroatoms. The van der Waals surface area contributed by atoms with Gasteiger partial charge in [-0.15, -0.1) is 0 Å².